The van der Waals surface area contributed by atoms with E-state index in [1.165, 1.54) is 24.2 Å². The van der Waals surface area contributed by atoms with Crippen molar-refractivity contribution in [2.45, 2.75) is 12.8 Å². The molecule has 0 spiro atoms. The summed E-state index contributed by atoms with van der Waals surface area (Å²) in [6, 6.07) is 9.32. The average molecular weight is 404 g/mol. The molecule has 2 aromatic rings. The Morgan fingerprint density at radius 1 is 0.889 bits per heavy atom. The quantitative estimate of drug-likeness (QED) is 0.786. The normalized spacial score (nSPS) is 17.4. The predicted molar refractivity (Wildman–Crippen MR) is 109 cm³/mol. The molecule has 142 valence electrons. The van der Waals surface area contributed by atoms with Gasteiger partial charge in [-0.2, -0.15) is 0 Å². The number of thiophene rings is 1. The van der Waals surface area contributed by atoms with Crippen LogP contribution < -0.4 is 4.90 Å². The second-order valence-corrected chi connectivity index (χ2v) is 8.28. The van der Waals surface area contributed by atoms with Crippen molar-refractivity contribution in [3.05, 3.63) is 51.2 Å². The lowest BCUT2D eigenvalue weighted by Gasteiger charge is -2.34. The summed E-state index contributed by atoms with van der Waals surface area (Å²) in [7, 11) is 0. The van der Waals surface area contributed by atoms with Gasteiger partial charge in [0.25, 0.3) is 11.8 Å². The lowest BCUT2D eigenvalue weighted by Crippen LogP contribution is -2.50. The van der Waals surface area contributed by atoms with E-state index in [0.29, 0.717) is 36.8 Å². The zero-order valence-corrected chi connectivity index (χ0v) is 16.6. The maximum absolute atomic E-state index is 12.8. The molecule has 2 saturated heterocycles. The number of amides is 2. The molecule has 2 aliphatic rings. The van der Waals surface area contributed by atoms with Crippen LogP contribution in [0.1, 0.15) is 32.9 Å². The standard InChI is InChI=1S/C20H22ClN3O2S/c21-16-14-15(5-6-17(16)22-7-1-2-8-22)19(25)23-9-11-24(12-10-23)20(26)18-4-3-13-27-18/h3-6,13-14H,1-2,7-12H2. The van der Waals surface area contributed by atoms with Gasteiger partial charge < -0.3 is 14.7 Å². The van der Waals surface area contributed by atoms with Crippen molar-refractivity contribution in [1.29, 1.82) is 0 Å². The van der Waals surface area contributed by atoms with Crippen LogP contribution in [0, 0.1) is 0 Å². The molecule has 2 amide bonds. The fourth-order valence-corrected chi connectivity index (χ4v) is 4.70. The number of benzene rings is 1. The molecule has 0 atom stereocenters. The van der Waals surface area contributed by atoms with Gasteiger partial charge in [0.05, 0.1) is 15.6 Å². The van der Waals surface area contributed by atoms with Crippen LogP contribution in [0.5, 0.6) is 0 Å². The SMILES string of the molecule is O=C(c1ccc(N2CCCC2)c(Cl)c1)N1CCN(C(=O)c2cccs2)CC1. The number of rotatable bonds is 3. The van der Waals surface area contributed by atoms with E-state index in [-0.39, 0.29) is 11.8 Å². The summed E-state index contributed by atoms with van der Waals surface area (Å²) in [5.74, 6) is 0.0307. The minimum atomic E-state index is -0.0203. The Morgan fingerprint density at radius 2 is 1.56 bits per heavy atom. The molecule has 27 heavy (non-hydrogen) atoms. The minimum Gasteiger partial charge on any atom is -0.370 e. The van der Waals surface area contributed by atoms with Gasteiger partial charge in [-0.15, -0.1) is 11.3 Å². The van der Waals surface area contributed by atoms with E-state index < -0.39 is 0 Å². The van der Waals surface area contributed by atoms with Crippen molar-refractivity contribution in [3.8, 4) is 0 Å². The van der Waals surface area contributed by atoms with Gasteiger partial charge in [-0.1, -0.05) is 17.7 Å². The number of piperazine rings is 1. The maximum Gasteiger partial charge on any atom is 0.264 e. The Bertz CT molecular complexity index is 826. The Kier molecular flexibility index (Phi) is 5.36. The van der Waals surface area contributed by atoms with Crippen molar-refractivity contribution >= 4 is 40.4 Å². The topological polar surface area (TPSA) is 43.9 Å². The number of carbonyl (C=O) groups is 2. The molecule has 1 aromatic heterocycles. The highest BCUT2D eigenvalue weighted by atomic mass is 35.5. The molecule has 0 radical (unpaired) electrons. The van der Waals surface area contributed by atoms with E-state index in [2.05, 4.69) is 4.90 Å². The summed E-state index contributed by atoms with van der Waals surface area (Å²) >= 11 is 7.90. The first-order chi connectivity index (χ1) is 13.1. The Balaban J connectivity index is 1.39. The van der Waals surface area contributed by atoms with E-state index in [0.717, 1.165) is 23.7 Å². The summed E-state index contributed by atoms with van der Waals surface area (Å²) < 4.78 is 0. The lowest BCUT2D eigenvalue weighted by molar-refractivity contribution is 0.0538. The lowest BCUT2D eigenvalue weighted by atomic mass is 10.1. The van der Waals surface area contributed by atoms with Crippen molar-refractivity contribution < 1.29 is 9.59 Å². The van der Waals surface area contributed by atoms with E-state index in [9.17, 15) is 9.59 Å². The van der Waals surface area contributed by atoms with Crippen LogP contribution in [-0.4, -0.2) is 60.9 Å². The van der Waals surface area contributed by atoms with E-state index in [4.69, 9.17) is 11.6 Å². The van der Waals surface area contributed by atoms with Crippen molar-refractivity contribution in [2.75, 3.05) is 44.2 Å². The first-order valence-electron chi connectivity index (χ1n) is 9.30. The third-order valence-electron chi connectivity index (χ3n) is 5.23. The summed E-state index contributed by atoms with van der Waals surface area (Å²) in [5.41, 5.74) is 1.62. The molecule has 0 saturated carbocycles. The van der Waals surface area contributed by atoms with E-state index in [1.54, 1.807) is 11.0 Å². The molecule has 1 aromatic carbocycles. The number of halogens is 1. The molecule has 0 aliphatic carbocycles. The van der Waals surface area contributed by atoms with E-state index in [1.807, 2.05) is 34.5 Å². The Morgan fingerprint density at radius 3 is 2.15 bits per heavy atom. The molecule has 5 nitrogen and oxygen atoms in total. The van der Waals surface area contributed by atoms with Gasteiger partial charge in [0.2, 0.25) is 0 Å². The van der Waals surface area contributed by atoms with Crippen molar-refractivity contribution in [2.24, 2.45) is 0 Å². The zero-order chi connectivity index (χ0) is 18.8. The fourth-order valence-electron chi connectivity index (χ4n) is 3.71. The number of anilines is 1. The number of hydrogen-bond donors (Lipinski definition) is 0. The molecule has 2 fully saturated rings. The van der Waals surface area contributed by atoms with Crippen molar-refractivity contribution in [1.82, 2.24) is 9.80 Å². The minimum absolute atomic E-state index is 0.0203. The van der Waals surface area contributed by atoms with Crippen LogP contribution in [0.2, 0.25) is 5.02 Å². The van der Waals surface area contributed by atoms with E-state index >= 15 is 0 Å². The molecule has 2 aliphatic heterocycles. The zero-order valence-electron chi connectivity index (χ0n) is 15.1. The average Bonchev–Trinajstić information content (AvgIpc) is 3.41. The first kappa shape index (κ1) is 18.3. The molecule has 0 N–H and O–H groups in total. The van der Waals surface area contributed by atoms with Crippen LogP contribution >= 0.6 is 22.9 Å². The van der Waals surface area contributed by atoms with Gasteiger partial charge in [0.1, 0.15) is 0 Å². The summed E-state index contributed by atoms with van der Waals surface area (Å²) in [4.78, 5) is 31.9. The molecular formula is C20H22ClN3O2S. The van der Waals surface area contributed by atoms with Gasteiger partial charge in [0, 0.05) is 44.8 Å². The Labute approximate surface area is 168 Å². The summed E-state index contributed by atoms with van der Waals surface area (Å²) in [6.45, 7) is 4.24. The monoisotopic (exact) mass is 403 g/mol. The summed E-state index contributed by atoms with van der Waals surface area (Å²) in [6.07, 6.45) is 2.37. The molecule has 4 rings (SSSR count). The van der Waals surface area contributed by atoms with Gasteiger partial charge in [0.15, 0.2) is 0 Å². The largest absolute Gasteiger partial charge is 0.370 e. The molecule has 3 heterocycles. The van der Waals surface area contributed by atoms with Crippen LogP contribution in [0.3, 0.4) is 0 Å². The number of nitrogens with zero attached hydrogens (tertiary/aromatic N) is 3. The highest BCUT2D eigenvalue weighted by Gasteiger charge is 2.26. The number of hydrogen-bond acceptors (Lipinski definition) is 4. The molecule has 0 bridgehead atoms. The van der Waals surface area contributed by atoms with Gasteiger partial charge in [-0.3, -0.25) is 9.59 Å². The molecule has 0 unspecified atom stereocenters. The second kappa shape index (κ2) is 7.90. The highest BCUT2D eigenvalue weighted by molar-refractivity contribution is 7.12. The fraction of sp³-hybridized carbons (Fsp3) is 0.400. The highest BCUT2D eigenvalue weighted by Crippen LogP contribution is 2.30. The summed E-state index contributed by atoms with van der Waals surface area (Å²) in [5, 5.41) is 2.54. The van der Waals surface area contributed by atoms with Gasteiger partial charge in [-0.05, 0) is 42.5 Å². The Hall–Kier alpha value is -2.05. The van der Waals surface area contributed by atoms with Crippen molar-refractivity contribution in [3.63, 3.8) is 0 Å². The van der Waals surface area contributed by atoms with Crippen LogP contribution in [0.15, 0.2) is 35.7 Å². The number of carbonyl (C=O) groups excluding carboxylic acids is 2. The van der Waals surface area contributed by atoms with Crippen LogP contribution in [-0.2, 0) is 0 Å². The molecular weight excluding hydrogens is 382 g/mol. The smallest absolute Gasteiger partial charge is 0.264 e. The van der Waals surface area contributed by atoms with Crippen LogP contribution in [0.25, 0.3) is 0 Å². The molecule has 7 heteroatoms. The third kappa shape index (κ3) is 3.82. The van der Waals surface area contributed by atoms with Gasteiger partial charge in [-0.25, -0.2) is 0 Å². The predicted octanol–water partition coefficient (Wildman–Crippen LogP) is 3.60. The third-order valence-corrected chi connectivity index (χ3v) is 6.39. The first-order valence-corrected chi connectivity index (χ1v) is 10.6. The maximum atomic E-state index is 12.8. The van der Waals surface area contributed by atoms with Gasteiger partial charge >= 0.3 is 0 Å². The van der Waals surface area contributed by atoms with Crippen LogP contribution in [0.4, 0.5) is 5.69 Å². The second-order valence-electron chi connectivity index (χ2n) is 6.92.